The molecule has 1 saturated heterocycles. The molecule has 0 spiro atoms. The molecule has 1 atom stereocenters. The van der Waals surface area contributed by atoms with Crippen LogP contribution >= 0.6 is 11.6 Å². The van der Waals surface area contributed by atoms with Gasteiger partial charge in [-0.25, -0.2) is 0 Å². The van der Waals surface area contributed by atoms with Crippen molar-refractivity contribution in [1.82, 2.24) is 5.32 Å². The third-order valence-corrected chi connectivity index (χ3v) is 3.56. The summed E-state index contributed by atoms with van der Waals surface area (Å²) in [6.45, 7) is 0.902. The lowest BCUT2D eigenvalue weighted by Gasteiger charge is -2.17. The molecule has 1 aromatic carbocycles. The maximum atomic E-state index is 12.8. The smallest absolute Gasteiger partial charge is 0.416 e. The van der Waals surface area contributed by atoms with Crippen molar-refractivity contribution in [2.24, 2.45) is 0 Å². The normalized spacial score (nSPS) is 19.7. The van der Waals surface area contributed by atoms with E-state index >= 15 is 0 Å². The van der Waals surface area contributed by atoms with Gasteiger partial charge in [0.15, 0.2) is 0 Å². The quantitative estimate of drug-likeness (QED) is 0.918. The Morgan fingerprint density at radius 3 is 2.68 bits per heavy atom. The molecule has 0 aliphatic carbocycles. The molecule has 1 unspecified atom stereocenters. The molecule has 1 aliphatic rings. The molecule has 1 N–H and O–H groups in total. The van der Waals surface area contributed by atoms with Crippen LogP contribution in [0.25, 0.3) is 0 Å². The number of alkyl halides is 3. The first-order valence-electron chi connectivity index (χ1n) is 6.09. The molecule has 0 amide bonds. The van der Waals surface area contributed by atoms with Gasteiger partial charge in [-0.1, -0.05) is 11.6 Å². The summed E-state index contributed by atoms with van der Waals surface area (Å²) < 4.78 is 43.5. The van der Waals surface area contributed by atoms with Crippen molar-refractivity contribution < 1.29 is 17.9 Å². The minimum atomic E-state index is -4.40. The van der Waals surface area contributed by atoms with E-state index in [0.717, 1.165) is 31.5 Å². The van der Waals surface area contributed by atoms with E-state index in [2.05, 4.69) is 5.32 Å². The minimum absolute atomic E-state index is 0.00493. The van der Waals surface area contributed by atoms with E-state index < -0.39 is 11.7 Å². The molecular weight excluding hydrogens is 279 g/mol. The second kappa shape index (κ2) is 5.59. The molecular formula is C13H15ClF3NO. The topological polar surface area (TPSA) is 21.3 Å². The van der Waals surface area contributed by atoms with Crippen molar-refractivity contribution in [3.8, 4) is 5.75 Å². The summed E-state index contributed by atoms with van der Waals surface area (Å²) in [5.74, 6) is 0.336. The number of ether oxygens (including phenoxy) is 1. The fourth-order valence-corrected chi connectivity index (χ4v) is 2.71. The van der Waals surface area contributed by atoms with Gasteiger partial charge in [0.1, 0.15) is 5.75 Å². The van der Waals surface area contributed by atoms with E-state index in [1.807, 2.05) is 0 Å². The SMILES string of the molecule is COc1c(Cl)cc(C(F)(F)F)cc1CC1CCCN1. The summed E-state index contributed by atoms with van der Waals surface area (Å²) in [5, 5.41) is 3.26. The maximum Gasteiger partial charge on any atom is 0.416 e. The summed E-state index contributed by atoms with van der Waals surface area (Å²) in [6, 6.07) is 2.23. The molecule has 0 bridgehead atoms. The lowest BCUT2D eigenvalue weighted by molar-refractivity contribution is -0.137. The lowest BCUT2D eigenvalue weighted by atomic mass is 10.0. The second-order valence-corrected chi connectivity index (χ2v) is 5.05. The van der Waals surface area contributed by atoms with Crippen molar-refractivity contribution in [3.63, 3.8) is 0 Å². The zero-order chi connectivity index (χ0) is 14.0. The Morgan fingerprint density at radius 1 is 1.42 bits per heavy atom. The first-order valence-corrected chi connectivity index (χ1v) is 6.46. The predicted octanol–water partition coefficient (Wildman–Crippen LogP) is 3.66. The van der Waals surface area contributed by atoms with Crippen LogP contribution < -0.4 is 10.1 Å². The van der Waals surface area contributed by atoms with Crippen molar-refractivity contribution in [2.45, 2.75) is 31.5 Å². The molecule has 0 radical (unpaired) electrons. The van der Waals surface area contributed by atoms with Crippen LogP contribution in [0.1, 0.15) is 24.0 Å². The van der Waals surface area contributed by atoms with Gasteiger partial charge in [0.2, 0.25) is 0 Å². The van der Waals surface area contributed by atoms with Gasteiger partial charge in [-0.2, -0.15) is 13.2 Å². The lowest BCUT2D eigenvalue weighted by Crippen LogP contribution is -2.24. The molecule has 1 aliphatic heterocycles. The van der Waals surface area contributed by atoms with E-state index in [0.29, 0.717) is 17.7 Å². The van der Waals surface area contributed by atoms with E-state index in [9.17, 15) is 13.2 Å². The molecule has 0 saturated carbocycles. The Bertz CT molecular complexity index is 456. The average molecular weight is 294 g/mol. The van der Waals surface area contributed by atoms with Crippen LogP contribution in [0.2, 0.25) is 5.02 Å². The van der Waals surface area contributed by atoms with Gasteiger partial charge in [-0.3, -0.25) is 0 Å². The maximum absolute atomic E-state index is 12.8. The number of hydrogen-bond acceptors (Lipinski definition) is 2. The summed E-state index contributed by atoms with van der Waals surface area (Å²) in [7, 11) is 1.42. The number of hydrogen-bond donors (Lipinski definition) is 1. The Kier molecular flexibility index (Phi) is 4.26. The number of rotatable bonds is 3. The zero-order valence-electron chi connectivity index (χ0n) is 10.5. The zero-order valence-corrected chi connectivity index (χ0v) is 11.2. The van der Waals surface area contributed by atoms with Crippen LogP contribution in [0.15, 0.2) is 12.1 Å². The Labute approximate surface area is 114 Å². The van der Waals surface area contributed by atoms with E-state index in [-0.39, 0.29) is 11.1 Å². The number of nitrogens with one attached hydrogen (secondary N) is 1. The number of benzene rings is 1. The van der Waals surface area contributed by atoms with Gasteiger partial charge >= 0.3 is 6.18 Å². The average Bonchev–Trinajstić information content (AvgIpc) is 2.80. The molecule has 1 aromatic rings. The highest BCUT2D eigenvalue weighted by atomic mass is 35.5. The summed E-state index contributed by atoms with van der Waals surface area (Å²) >= 11 is 5.88. The standard InChI is InChI=1S/C13H15ClF3NO/c1-19-12-8(6-10-3-2-4-18-10)5-9(7-11(12)14)13(15,16)17/h5,7,10,18H,2-4,6H2,1H3. The van der Waals surface area contributed by atoms with Crippen LogP contribution in [0.4, 0.5) is 13.2 Å². The summed E-state index contributed by atoms with van der Waals surface area (Å²) in [6.07, 6.45) is -1.91. The summed E-state index contributed by atoms with van der Waals surface area (Å²) in [4.78, 5) is 0. The van der Waals surface area contributed by atoms with Crippen LogP contribution in [0.5, 0.6) is 5.75 Å². The van der Waals surface area contributed by atoms with Crippen LogP contribution in [0.3, 0.4) is 0 Å². The molecule has 6 heteroatoms. The highest BCUT2D eigenvalue weighted by Crippen LogP contribution is 2.38. The van der Waals surface area contributed by atoms with Gasteiger partial charge < -0.3 is 10.1 Å². The summed E-state index contributed by atoms with van der Waals surface area (Å²) in [5.41, 5.74) is -0.229. The number of halogens is 4. The minimum Gasteiger partial charge on any atom is -0.495 e. The van der Waals surface area contributed by atoms with Gasteiger partial charge in [0, 0.05) is 6.04 Å². The van der Waals surface area contributed by atoms with Crippen LogP contribution in [-0.2, 0) is 12.6 Å². The molecule has 106 valence electrons. The molecule has 1 fully saturated rings. The largest absolute Gasteiger partial charge is 0.495 e. The van der Waals surface area contributed by atoms with Crippen LogP contribution in [0, 0.1) is 0 Å². The van der Waals surface area contributed by atoms with Gasteiger partial charge in [0.05, 0.1) is 17.7 Å². The molecule has 2 nitrogen and oxygen atoms in total. The van der Waals surface area contributed by atoms with Gasteiger partial charge in [-0.15, -0.1) is 0 Å². The fraction of sp³-hybridized carbons (Fsp3) is 0.538. The van der Waals surface area contributed by atoms with E-state index in [4.69, 9.17) is 16.3 Å². The number of methoxy groups -OCH3 is 1. The molecule has 0 aromatic heterocycles. The van der Waals surface area contributed by atoms with Crippen molar-refractivity contribution in [1.29, 1.82) is 0 Å². The first-order chi connectivity index (χ1) is 8.91. The molecule has 2 rings (SSSR count). The van der Waals surface area contributed by atoms with Crippen molar-refractivity contribution in [2.75, 3.05) is 13.7 Å². The third kappa shape index (κ3) is 3.34. The van der Waals surface area contributed by atoms with E-state index in [1.54, 1.807) is 0 Å². The molecule has 19 heavy (non-hydrogen) atoms. The van der Waals surface area contributed by atoms with Gasteiger partial charge in [-0.05, 0) is 43.5 Å². The molecule has 1 heterocycles. The predicted molar refractivity (Wildman–Crippen MR) is 67.7 cm³/mol. The third-order valence-electron chi connectivity index (χ3n) is 3.28. The van der Waals surface area contributed by atoms with Crippen LogP contribution in [-0.4, -0.2) is 19.7 Å². The Balaban J connectivity index is 2.35. The van der Waals surface area contributed by atoms with Gasteiger partial charge in [0.25, 0.3) is 0 Å². The highest BCUT2D eigenvalue weighted by Gasteiger charge is 2.32. The highest BCUT2D eigenvalue weighted by molar-refractivity contribution is 6.32. The van der Waals surface area contributed by atoms with Crippen molar-refractivity contribution >= 4 is 11.6 Å². The Hall–Kier alpha value is -0.940. The fourth-order valence-electron chi connectivity index (χ4n) is 2.39. The second-order valence-electron chi connectivity index (χ2n) is 4.65. The van der Waals surface area contributed by atoms with Crippen molar-refractivity contribution in [3.05, 3.63) is 28.3 Å². The Morgan fingerprint density at radius 2 is 2.16 bits per heavy atom. The first kappa shape index (κ1) is 14.5. The monoisotopic (exact) mass is 293 g/mol. The van der Waals surface area contributed by atoms with E-state index in [1.165, 1.54) is 7.11 Å².